The summed E-state index contributed by atoms with van der Waals surface area (Å²) in [4.78, 5) is 42.8. The Hall–Kier alpha value is -2.25. The molecule has 0 bridgehead atoms. The summed E-state index contributed by atoms with van der Waals surface area (Å²) in [6, 6.07) is 0. The van der Waals surface area contributed by atoms with Crippen LogP contribution in [0.25, 0.3) is 0 Å². The lowest BCUT2D eigenvalue weighted by atomic mass is 10.1. The average molecular weight is 751 g/mol. The minimum Gasteiger partial charge on any atom is -0.462 e. The zero-order valence-electron chi connectivity index (χ0n) is 32.9. The Morgan fingerprint density at radius 1 is 0.500 bits per heavy atom. The van der Waals surface area contributed by atoms with Crippen LogP contribution in [-0.4, -0.2) is 41.0 Å². The number of ether oxygens (including phenoxy) is 2. The zero-order chi connectivity index (χ0) is 38.2. The molecule has 0 amide bonds. The van der Waals surface area contributed by atoms with Gasteiger partial charge in [-0.05, 0) is 77.0 Å². The van der Waals surface area contributed by atoms with Crippen molar-refractivity contribution in [2.24, 2.45) is 0 Å². The van der Waals surface area contributed by atoms with Gasteiger partial charge in [0.2, 0.25) is 0 Å². The highest BCUT2D eigenvalue weighted by atomic mass is 31.2. The van der Waals surface area contributed by atoms with Gasteiger partial charge in [-0.2, -0.15) is 0 Å². The summed E-state index contributed by atoms with van der Waals surface area (Å²) in [5.41, 5.74) is 0. The molecule has 8 nitrogen and oxygen atoms in total. The van der Waals surface area contributed by atoms with Gasteiger partial charge in [0, 0.05) is 12.8 Å². The molecule has 0 radical (unpaired) electrons. The Labute approximate surface area is 317 Å². The van der Waals surface area contributed by atoms with Crippen molar-refractivity contribution in [3.05, 3.63) is 60.8 Å². The predicted octanol–water partition coefficient (Wildman–Crippen LogP) is 12.5. The van der Waals surface area contributed by atoms with E-state index in [9.17, 15) is 14.2 Å². The largest absolute Gasteiger partial charge is 0.469 e. The van der Waals surface area contributed by atoms with Crippen LogP contribution in [0.3, 0.4) is 0 Å². The highest BCUT2D eigenvalue weighted by molar-refractivity contribution is 7.46. The zero-order valence-corrected chi connectivity index (χ0v) is 33.8. The maximum absolute atomic E-state index is 12.4. The lowest BCUT2D eigenvalue weighted by Gasteiger charge is -2.18. The standard InChI is InChI=1S/C43H75O8P/c1-3-5-7-9-11-13-15-17-19-20-21-22-24-25-27-29-31-33-35-37-42(44)49-39-41(40-50-52(46,47)48)51-43(45)38-36-34-32-30-28-26-23-18-16-14-12-10-8-6-4-2/h10-13,17,19,21-22,25,27,41H,3-9,14-16,18,20,23-24,26,28-40H2,1-2H3,(H2,46,47,48)/b12-10+,13-11+,19-17+,22-21+,27-25+/t41-/m1/s1. The molecule has 0 aliphatic carbocycles. The van der Waals surface area contributed by atoms with Gasteiger partial charge in [0.1, 0.15) is 6.61 Å². The number of carbonyl (C=O) groups excluding carboxylic acids is 2. The summed E-state index contributed by atoms with van der Waals surface area (Å²) in [6.07, 6.45) is 47.9. The van der Waals surface area contributed by atoms with E-state index in [4.69, 9.17) is 19.3 Å². The lowest BCUT2D eigenvalue weighted by Crippen LogP contribution is -2.29. The number of unbranched alkanes of at least 4 members (excludes halogenated alkanes) is 17. The van der Waals surface area contributed by atoms with Crippen LogP contribution >= 0.6 is 7.82 Å². The second kappa shape index (κ2) is 38.5. The smallest absolute Gasteiger partial charge is 0.462 e. The van der Waals surface area contributed by atoms with Crippen molar-refractivity contribution in [2.75, 3.05) is 13.2 Å². The minimum atomic E-state index is -4.76. The summed E-state index contributed by atoms with van der Waals surface area (Å²) in [5, 5.41) is 0. The molecular weight excluding hydrogens is 675 g/mol. The fourth-order valence-electron chi connectivity index (χ4n) is 5.40. The molecule has 1 atom stereocenters. The average Bonchev–Trinajstić information content (AvgIpc) is 3.11. The molecule has 0 heterocycles. The Morgan fingerprint density at radius 2 is 0.885 bits per heavy atom. The highest BCUT2D eigenvalue weighted by Crippen LogP contribution is 2.36. The number of carbonyl (C=O) groups is 2. The van der Waals surface area contributed by atoms with E-state index in [1.807, 2.05) is 0 Å². The molecule has 0 fully saturated rings. The molecule has 0 saturated carbocycles. The molecular formula is C43H75O8P. The monoisotopic (exact) mass is 751 g/mol. The van der Waals surface area contributed by atoms with Crippen LogP contribution in [0, 0.1) is 0 Å². The molecule has 0 aromatic heterocycles. The van der Waals surface area contributed by atoms with Crippen molar-refractivity contribution in [3.63, 3.8) is 0 Å². The van der Waals surface area contributed by atoms with E-state index in [1.54, 1.807) is 0 Å². The van der Waals surface area contributed by atoms with Gasteiger partial charge in [-0.3, -0.25) is 14.1 Å². The van der Waals surface area contributed by atoms with Gasteiger partial charge in [-0.1, -0.05) is 152 Å². The first-order valence-electron chi connectivity index (χ1n) is 20.6. The van der Waals surface area contributed by atoms with Crippen LogP contribution in [0.2, 0.25) is 0 Å². The third kappa shape index (κ3) is 40.5. The normalized spacial score (nSPS) is 13.1. The van der Waals surface area contributed by atoms with Gasteiger partial charge in [-0.15, -0.1) is 0 Å². The van der Waals surface area contributed by atoms with E-state index in [0.29, 0.717) is 12.8 Å². The van der Waals surface area contributed by atoms with Crippen LogP contribution < -0.4 is 0 Å². The summed E-state index contributed by atoms with van der Waals surface area (Å²) < 4.78 is 26.3. The first kappa shape index (κ1) is 49.8. The molecule has 0 unspecified atom stereocenters. The van der Waals surface area contributed by atoms with Crippen molar-refractivity contribution in [1.82, 2.24) is 0 Å². The highest BCUT2D eigenvalue weighted by Gasteiger charge is 2.22. The van der Waals surface area contributed by atoms with Crippen LogP contribution in [0.5, 0.6) is 0 Å². The number of allylic oxidation sites excluding steroid dienone is 10. The van der Waals surface area contributed by atoms with E-state index in [0.717, 1.165) is 57.8 Å². The van der Waals surface area contributed by atoms with Crippen molar-refractivity contribution in [1.29, 1.82) is 0 Å². The van der Waals surface area contributed by atoms with E-state index in [-0.39, 0.29) is 19.4 Å². The van der Waals surface area contributed by atoms with Crippen LogP contribution in [-0.2, 0) is 28.2 Å². The first-order chi connectivity index (χ1) is 25.3. The molecule has 0 saturated heterocycles. The van der Waals surface area contributed by atoms with Gasteiger partial charge >= 0.3 is 19.8 Å². The summed E-state index contributed by atoms with van der Waals surface area (Å²) >= 11 is 0. The number of phosphoric acid groups is 1. The van der Waals surface area contributed by atoms with Crippen molar-refractivity contribution in [2.45, 2.75) is 187 Å². The van der Waals surface area contributed by atoms with Gasteiger partial charge in [0.25, 0.3) is 0 Å². The van der Waals surface area contributed by atoms with Gasteiger partial charge in [0.05, 0.1) is 6.61 Å². The lowest BCUT2D eigenvalue weighted by molar-refractivity contribution is -0.161. The van der Waals surface area contributed by atoms with Crippen LogP contribution in [0.4, 0.5) is 0 Å². The van der Waals surface area contributed by atoms with Crippen molar-refractivity contribution < 1.29 is 37.9 Å². The Kier molecular flexibility index (Phi) is 36.8. The van der Waals surface area contributed by atoms with Crippen LogP contribution in [0.15, 0.2) is 60.8 Å². The quantitative estimate of drug-likeness (QED) is 0.0279. The summed E-state index contributed by atoms with van der Waals surface area (Å²) in [7, 11) is -4.76. The fraction of sp³-hybridized carbons (Fsp3) is 0.721. The number of rotatable bonds is 37. The second-order valence-corrected chi connectivity index (χ2v) is 14.8. The molecule has 2 N–H and O–H groups in total. The Balaban J connectivity index is 4.00. The topological polar surface area (TPSA) is 119 Å². The summed E-state index contributed by atoms with van der Waals surface area (Å²) in [6.45, 7) is 3.59. The molecule has 0 aromatic carbocycles. The number of hydrogen-bond donors (Lipinski definition) is 2. The molecule has 0 spiro atoms. The minimum absolute atomic E-state index is 0.200. The molecule has 300 valence electrons. The summed E-state index contributed by atoms with van der Waals surface area (Å²) in [5.74, 6) is -0.926. The number of hydrogen-bond acceptors (Lipinski definition) is 6. The maximum Gasteiger partial charge on any atom is 0.469 e. The van der Waals surface area contributed by atoms with Gasteiger partial charge in [0.15, 0.2) is 6.10 Å². The Bertz CT molecular complexity index is 1030. The van der Waals surface area contributed by atoms with E-state index in [2.05, 4.69) is 79.1 Å². The third-order valence-electron chi connectivity index (χ3n) is 8.51. The predicted molar refractivity (Wildman–Crippen MR) is 216 cm³/mol. The number of esters is 2. The SMILES string of the molecule is CCCC/C=C/CCCCCCCCCCCC(=O)O[C@H](COC(=O)CCCCC/C=C/C/C=C/C/C=C/C/C=C/CCCCC)COP(=O)(O)O. The van der Waals surface area contributed by atoms with E-state index in [1.165, 1.54) is 83.5 Å². The fourth-order valence-corrected chi connectivity index (χ4v) is 5.76. The van der Waals surface area contributed by atoms with Crippen molar-refractivity contribution >= 4 is 19.8 Å². The van der Waals surface area contributed by atoms with E-state index < -0.39 is 32.5 Å². The Morgan fingerprint density at radius 3 is 1.38 bits per heavy atom. The second-order valence-electron chi connectivity index (χ2n) is 13.6. The molecule has 0 aromatic rings. The maximum atomic E-state index is 12.4. The van der Waals surface area contributed by atoms with Crippen LogP contribution in [0.1, 0.15) is 181 Å². The van der Waals surface area contributed by atoms with Gasteiger partial charge < -0.3 is 19.3 Å². The first-order valence-corrected chi connectivity index (χ1v) is 22.1. The molecule has 52 heavy (non-hydrogen) atoms. The van der Waals surface area contributed by atoms with E-state index >= 15 is 0 Å². The van der Waals surface area contributed by atoms with Gasteiger partial charge in [-0.25, -0.2) is 4.57 Å². The third-order valence-corrected chi connectivity index (χ3v) is 8.99. The molecule has 0 aliphatic heterocycles. The van der Waals surface area contributed by atoms with Crippen molar-refractivity contribution in [3.8, 4) is 0 Å². The number of phosphoric ester groups is 1. The molecule has 9 heteroatoms. The molecule has 0 aliphatic rings. The molecule has 0 rings (SSSR count).